The van der Waals surface area contributed by atoms with Gasteiger partial charge in [-0.05, 0) is 31.5 Å². The molecule has 1 aromatic carbocycles. The second kappa shape index (κ2) is 3.81. The molecule has 1 aromatic heterocycles. The molecule has 0 amide bonds. The summed E-state index contributed by atoms with van der Waals surface area (Å²) in [6.07, 6.45) is 1.88. The fraction of sp³-hybridized carbons (Fsp3) is 0.167. The first kappa shape index (κ1) is 10.4. The van der Waals surface area contributed by atoms with E-state index in [2.05, 4.69) is 5.10 Å². The Morgan fingerprint density at radius 2 is 2.06 bits per heavy atom. The first-order valence-corrected chi connectivity index (χ1v) is 5.06. The maximum atomic E-state index is 7.57. The molecule has 0 aliphatic rings. The summed E-state index contributed by atoms with van der Waals surface area (Å²) in [6.45, 7) is 3.92. The van der Waals surface area contributed by atoms with Crippen LogP contribution >= 0.6 is 0 Å². The van der Waals surface area contributed by atoms with Gasteiger partial charge in [0.15, 0.2) is 0 Å². The Hall–Kier alpha value is -2.10. The van der Waals surface area contributed by atoms with Crippen LogP contribution in [0.3, 0.4) is 0 Å². The quantitative estimate of drug-likeness (QED) is 0.591. The minimum absolute atomic E-state index is 0.0619. The van der Waals surface area contributed by atoms with Crippen LogP contribution in [-0.2, 0) is 0 Å². The van der Waals surface area contributed by atoms with Crippen molar-refractivity contribution in [3.05, 3.63) is 47.3 Å². The topological polar surface area (TPSA) is 67.7 Å². The number of benzene rings is 1. The molecule has 3 N–H and O–H groups in total. The molecule has 0 atom stereocenters. The van der Waals surface area contributed by atoms with Gasteiger partial charge >= 0.3 is 0 Å². The van der Waals surface area contributed by atoms with E-state index in [1.54, 1.807) is 4.68 Å². The summed E-state index contributed by atoms with van der Waals surface area (Å²) >= 11 is 0. The van der Waals surface area contributed by atoms with Crippen molar-refractivity contribution in [2.45, 2.75) is 13.8 Å². The van der Waals surface area contributed by atoms with Crippen LogP contribution in [-0.4, -0.2) is 15.6 Å². The van der Waals surface area contributed by atoms with Gasteiger partial charge in [0.05, 0.1) is 11.4 Å². The van der Waals surface area contributed by atoms with Crippen LogP contribution in [0.15, 0.2) is 30.5 Å². The molecule has 16 heavy (non-hydrogen) atoms. The van der Waals surface area contributed by atoms with Gasteiger partial charge < -0.3 is 5.73 Å². The lowest BCUT2D eigenvalue weighted by atomic mass is 10.1. The summed E-state index contributed by atoms with van der Waals surface area (Å²) in [6, 6.07) is 7.64. The van der Waals surface area contributed by atoms with Gasteiger partial charge in [0.1, 0.15) is 5.84 Å². The molecule has 4 heteroatoms. The van der Waals surface area contributed by atoms with E-state index in [4.69, 9.17) is 11.1 Å². The molecular formula is C12H14N4. The van der Waals surface area contributed by atoms with E-state index in [9.17, 15) is 0 Å². The standard InChI is InChI=1S/C12H14N4/c1-8-4-3-5-10(12(13)14)11(8)16-7-6-9(2)15-16/h3-7H,1-2H3,(H3,13,14). The van der Waals surface area contributed by atoms with Crippen LogP contribution < -0.4 is 5.73 Å². The zero-order valence-electron chi connectivity index (χ0n) is 9.36. The van der Waals surface area contributed by atoms with Gasteiger partial charge in [0.25, 0.3) is 0 Å². The van der Waals surface area contributed by atoms with Crippen molar-refractivity contribution in [2.24, 2.45) is 5.73 Å². The summed E-state index contributed by atoms with van der Waals surface area (Å²) in [5, 5.41) is 11.9. The molecule has 4 nitrogen and oxygen atoms in total. The average Bonchev–Trinajstić information content (AvgIpc) is 2.64. The minimum atomic E-state index is 0.0619. The van der Waals surface area contributed by atoms with E-state index in [1.807, 2.05) is 44.3 Å². The minimum Gasteiger partial charge on any atom is -0.384 e. The van der Waals surface area contributed by atoms with Crippen LogP contribution in [0, 0.1) is 19.3 Å². The molecule has 0 unspecified atom stereocenters. The number of hydrogen-bond acceptors (Lipinski definition) is 2. The Bertz CT molecular complexity index is 540. The maximum absolute atomic E-state index is 7.57. The SMILES string of the molecule is Cc1ccn(-c2c(C)cccc2C(=N)N)n1. The second-order valence-corrected chi connectivity index (χ2v) is 3.79. The molecule has 0 aliphatic carbocycles. The lowest BCUT2D eigenvalue weighted by Gasteiger charge is -2.11. The second-order valence-electron chi connectivity index (χ2n) is 3.79. The number of nitrogens with two attached hydrogens (primary N) is 1. The third kappa shape index (κ3) is 1.69. The van der Waals surface area contributed by atoms with Crippen molar-refractivity contribution in [1.29, 1.82) is 5.41 Å². The van der Waals surface area contributed by atoms with Gasteiger partial charge in [0, 0.05) is 11.8 Å². The van der Waals surface area contributed by atoms with E-state index in [0.717, 1.165) is 16.9 Å². The summed E-state index contributed by atoms with van der Waals surface area (Å²) in [7, 11) is 0. The molecule has 82 valence electrons. The first-order valence-electron chi connectivity index (χ1n) is 5.06. The summed E-state index contributed by atoms with van der Waals surface area (Å²) in [4.78, 5) is 0. The van der Waals surface area contributed by atoms with Crippen LogP contribution in [0.2, 0.25) is 0 Å². The van der Waals surface area contributed by atoms with E-state index >= 15 is 0 Å². The number of nitrogen functional groups attached to an aromatic ring is 1. The molecule has 0 saturated heterocycles. The Kier molecular flexibility index (Phi) is 2.48. The smallest absolute Gasteiger partial charge is 0.124 e. The van der Waals surface area contributed by atoms with Gasteiger partial charge in [-0.1, -0.05) is 12.1 Å². The number of nitrogens with one attached hydrogen (secondary N) is 1. The number of aryl methyl sites for hydroxylation is 2. The predicted octanol–water partition coefficient (Wildman–Crippen LogP) is 1.77. The molecule has 0 fully saturated rings. The largest absolute Gasteiger partial charge is 0.384 e. The highest BCUT2D eigenvalue weighted by Crippen LogP contribution is 2.18. The molecule has 0 spiro atoms. The molecule has 1 heterocycles. The lowest BCUT2D eigenvalue weighted by Crippen LogP contribution is -2.16. The molecule has 0 radical (unpaired) electrons. The van der Waals surface area contributed by atoms with Crippen molar-refractivity contribution < 1.29 is 0 Å². The normalized spacial score (nSPS) is 10.4. The zero-order chi connectivity index (χ0) is 11.7. The van der Waals surface area contributed by atoms with E-state index < -0.39 is 0 Å². The van der Waals surface area contributed by atoms with Crippen molar-refractivity contribution in [3.8, 4) is 5.69 Å². The summed E-state index contributed by atoms with van der Waals surface area (Å²) < 4.78 is 1.77. The van der Waals surface area contributed by atoms with Gasteiger partial charge in [0.2, 0.25) is 0 Å². The predicted molar refractivity (Wildman–Crippen MR) is 64.1 cm³/mol. The van der Waals surface area contributed by atoms with Crippen LogP contribution in [0.1, 0.15) is 16.8 Å². The molecule has 2 aromatic rings. The third-order valence-corrected chi connectivity index (χ3v) is 2.48. The number of amidine groups is 1. The zero-order valence-corrected chi connectivity index (χ0v) is 9.36. The van der Waals surface area contributed by atoms with Crippen molar-refractivity contribution in [3.63, 3.8) is 0 Å². The van der Waals surface area contributed by atoms with Crippen LogP contribution in [0.25, 0.3) is 5.69 Å². The number of hydrogen-bond donors (Lipinski definition) is 2. The highest BCUT2D eigenvalue weighted by atomic mass is 15.3. The Labute approximate surface area is 94.2 Å². The van der Waals surface area contributed by atoms with Crippen molar-refractivity contribution in [1.82, 2.24) is 9.78 Å². The Morgan fingerprint density at radius 1 is 1.31 bits per heavy atom. The Morgan fingerprint density at radius 3 is 2.62 bits per heavy atom. The highest BCUT2D eigenvalue weighted by Gasteiger charge is 2.10. The van der Waals surface area contributed by atoms with Crippen LogP contribution in [0.5, 0.6) is 0 Å². The van der Waals surface area contributed by atoms with Gasteiger partial charge in [-0.3, -0.25) is 5.41 Å². The fourth-order valence-corrected chi connectivity index (χ4v) is 1.72. The number of rotatable bonds is 2. The van der Waals surface area contributed by atoms with Crippen molar-refractivity contribution in [2.75, 3.05) is 0 Å². The summed E-state index contributed by atoms with van der Waals surface area (Å²) in [5.74, 6) is 0.0619. The van der Waals surface area contributed by atoms with Crippen molar-refractivity contribution >= 4 is 5.84 Å². The molecule has 2 rings (SSSR count). The monoisotopic (exact) mass is 214 g/mol. The van der Waals surface area contributed by atoms with E-state index in [1.165, 1.54) is 0 Å². The number of nitrogens with zero attached hydrogens (tertiary/aromatic N) is 2. The third-order valence-electron chi connectivity index (χ3n) is 2.48. The molecule has 0 aliphatic heterocycles. The van der Waals surface area contributed by atoms with Gasteiger partial charge in [-0.2, -0.15) is 5.10 Å². The summed E-state index contributed by atoms with van der Waals surface area (Å²) in [5.41, 5.74) is 9.15. The Balaban J connectivity index is 2.67. The number of aromatic nitrogens is 2. The van der Waals surface area contributed by atoms with E-state index in [-0.39, 0.29) is 5.84 Å². The number of para-hydroxylation sites is 1. The molecular weight excluding hydrogens is 200 g/mol. The maximum Gasteiger partial charge on any atom is 0.124 e. The van der Waals surface area contributed by atoms with Gasteiger partial charge in [-0.25, -0.2) is 4.68 Å². The fourth-order valence-electron chi connectivity index (χ4n) is 1.72. The van der Waals surface area contributed by atoms with Crippen LogP contribution in [0.4, 0.5) is 0 Å². The van der Waals surface area contributed by atoms with Gasteiger partial charge in [-0.15, -0.1) is 0 Å². The molecule has 0 bridgehead atoms. The average molecular weight is 214 g/mol. The first-order chi connectivity index (χ1) is 7.59. The molecule has 0 saturated carbocycles. The van der Waals surface area contributed by atoms with E-state index in [0.29, 0.717) is 5.56 Å². The highest BCUT2D eigenvalue weighted by molar-refractivity contribution is 5.98. The lowest BCUT2D eigenvalue weighted by molar-refractivity contribution is 0.853.